The van der Waals surface area contributed by atoms with Gasteiger partial charge in [-0.2, -0.15) is 0 Å². The summed E-state index contributed by atoms with van der Waals surface area (Å²) in [4.78, 5) is 46.1. The van der Waals surface area contributed by atoms with Gasteiger partial charge in [0.25, 0.3) is 5.91 Å². The Morgan fingerprint density at radius 3 is 2.56 bits per heavy atom. The number of hydrogen-bond donors (Lipinski definition) is 4. The Kier molecular flexibility index (Phi) is 7.66. The monoisotopic (exact) mass is 529 g/mol. The summed E-state index contributed by atoms with van der Waals surface area (Å²) in [6.45, 7) is 3.93. The number of H-pyrrole nitrogens is 1. The summed E-state index contributed by atoms with van der Waals surface area (Å²) in [5.41, 5.74) is 1.21. The van der Waals surface area contributed by atoms with Gasteiger partial charge < -0.3 is 30.4 Å². The van der Waals surface area contributed by atoms with Crippen LogP contribution in [0, 0.1) is 12.8 Å². The van der Waals surface area contributed by atoms with Crippen molar-refractivity contribution >= 4 is 57.5 Å². The summed E-state index contributed by atoms with van der Waals surface area (Å²) >= 11 is 13.3. The third kappa shape index (κ3) is 5.32. The maximum atomic E-state index is 12.6. The number of rotatable bonds is 7. The molecule has 184 valence electrons. The van der Waals surface area contributed by atoms with Gasteiger partial charge in [0.15, 0.2) is 5.13 Å². The van der Waals surface area contributed by atoms with E-state index in [1.54, 1.807) is 6.92 Å². The minimum atomic E-state index is -1.07. The van der Waals surface area contributed by atoms with Gasteiger partial charge >= 0.3 is 5.97 Å². The number of hydrogen-bond acceptors (Lipinski definition) is 7. The zero-order chi connectivity index (χ0) is 24.4. The number of aromatic carboxylic acids is 1. The predicted octanol–water partition coefficient (Wildman–Crippen LogP) is 2.84. The number of anilines is 1. The number of carbonyl (C=O) groups excluding carboxylic acids is 2. The van der Waals surface area contributed by atoms with Crippen molar-refractivity contribution in [3.8, 4) is 0 Å². The lowest BCUT2D eigenvalue weighted by atomic mass is 10.1. The van der Waals surface area contributed by atoms with E-state index in [4.69, 9.17) is 27.9 Å². The molecule has 2 aromatic rings. The molecule has 13 heteroatoms. The number of carboxylic acids is 1. The third-order valence-corrected chi connectivity index (χ3v) is 8.09. The second kappa shape index (κ2) is 10.5. The second-order valence-electron chi connectivity index (χ2n) is 8.34. The van der Waals surface area contributed by atoms with Crippen molar-refractivity contribution in [3.05, 3.63) is 32.0 Å². The molecule has 0 radical (unpaired) electrons. The van der Waals surface area contributed by atoms with E-state index in [2.05, 4.69) is 20.6 Å². The summed E-state index contributed by atoms with van der Waals surface area (Å²) < 4.78 is 5.23. The number of nitrogens with zero attached hydrogens (tertiary/aromatic N) is 2. The fraction of sp³-hybridized carbons (Fsp3) is 0.524. The lowest BCUT2D eigenvalue weighted by Gasteiger charge is -2.32. The van der Waals surface area contributed by atoms with Crippen molar-refractivity contribution in [2.24, 2.45) is 5.92 Å². The molecule has 0 saturated carbocycles. The molecule has 0 aliphatic carbocycles. The molecule has 2 saturated heterocycles. The summed E-state index contributed by atoms with van der Waals surface area (Å²) in [6, 6.07) is -0.0616. The van der Waals surface area contributed by atoms with Crippen LogP contribution in [0.25, 0.3) is 0 Å². The SMILES string of the molecule is Cc1[nH]c(C(=O)NC2CCN(c3nc(CNC(=O)C4CCOC4)c(C(=O)O)s3)CC2)c(Cl)c1Cl. The van der Waals surface area contributed by atoms with Crippen LogP contribution < -0.4 is 15.5 Å². The van der Waals surface area contributed by atoms with Gasteiger partial charge in [-0.05, 0) is 26.2 Å². The number of aromatic nitrogens is 2. The predicted molar refractivity (Wildman–Crippen MR) is 128 cm³/mol. The lowest BCUT2D eigenvalue weighted by molar-refractivity contribution is -0.125. The zero-order valence-electron chi connectivity index (χ0n) is 18.5. The van der Waals surface area contributed by atoms with Gasteiger partial charge in [0, 0.05) is 31.4 Å². The largest absolute Gasteiger partial charge is 0.477 e. The van der Waals surface area contributed by atoms with Gasteiger partial charge in [-0.25, -0.2) is 9.78 Å². The smallest absolute Gasteiger partial charge is 0.347 e. The molecular formula is C21H25Cl2N5O5S. The van der Waals surface area contributed by atoms with E-state index < -0.39 is 5.97 Å². The Balaban J connectivity index is 1.34. The van der Waals surface area contributed by atoms with E-state index in [0.29, 0.717) is 67.1 Å². The molecule has 4 heterocycles. The molecule has 2 fully saturated rings. The minimum absolute atomic E-state index is 0.0544. The average Bonchev–Trinajstić information content (AvgIpc) is 3.55. The van der Waals surface area contributed by atoms with Gasteiger partial charge in [0.1, 0.15) is 10.6 Å². The number of aromatic amines is 1. The highest BCUT2D eigenvalue weighted by Crippen LogP contribution is 2.31. The van der Waals surface area contributed by atoms with Crippen molar-refractivity contribution in [1.29, 1.82) is 0 Å². The third-order valence-electron chi connectivity index (χ3n) is 5.99. The van der Waals surface area contributed by atoms with Crippen molar-refractivity contribution < 1.29 is 24.2 Å². The molecule has 4 N–H and O–H groups in total. The van der Waals surface area contributed by atoms with Gasteiger partial charge in [0.2, 0.25) is 5.91 Å². The zero-order valence-corrected chi connectivity index (χ0v) is 20.8. The summed E-state index contributed by atoms with van der Waals surface area (Å²) in [7, 11) is 0. The summed E-state index contributed by atoms with van der Waals surface area (Å²) in [5, 5.41) is 16.5. The summed E-state index contributed by atoms with van der Waals surface area (Å²) in [5.74, 6) is -1.75. The molecule has 10 nitrogen and oxygen atoms in total. The number of halogens is 2. The highest BCUT2D eigenvalue weighted by atomic mass is 35.5. The fourth-order valence-corrected chi connectivity index (χ4v) is 5.41. The normalized spacial score (nSPS) is 18.8. The van der Waals surface area contributed by atoms with E-state index in [-0.39, 0.29) is 45.9 Å². The molecule has 1 atom stereocenters. The molecule has 34 heavy (non-hydrogen) atoms. The topological polar surface area (TPSA) is 137 Å². The van der Waals surface area contributed by atoms with Crippen LogP contribution in [0.4, 0.5) is 5.13 Å². The van der Waals surface area contributed by atoms with E-state index in [1.165, 1.54) is 0 Å². The first-order chi connectivity index (χ1) is 16.2. The minimum Gasteiger partial charge on any atom is -0.477 e. The summed E-state index contributed by atoms with van der Waals surface area (Å²) in [6.07, 6.45) is 1.98. The molecule has 0 bridgehead atoms. The van der Waals surface area contributed by atoms with Crippen molar-refractivity contribution in [3.63, 3.8) is 0 Å². The Hall–Kier alpha value is -2.34. The number of carbonyl (C=O) groups is 3. The Bertz CT molecular complexity index is 1090. The van der Waals surface area contributed by atoms with Crippen LogP contribution in [0.5, 0.6) is 0 Å². The Labute approximate surface area is 210 Å². The number of ether oxygens (including phenoxy) is 1. The van der Waals surface area contributed by atoms with Gasteiger partial charge in [-0.3, -0.25) is 9.59 Å². The van der Waals surface area contributed by atoms with Crippen LogP contribution >= 0.6 is 34.5 Å². The Morgan fingerprint density at radius 2 is 1.97 bits per heavy atom. The molecular weight excluding hydrogens is 505 g/mol. The van der Waals surface area contributed by atoms with E-state index in [0.717, 1.165) is 11.3 Å². The highest BCUT2D eigenvalue weighted by molar-refractivity contribution is 7.17. The first-order valence-electron chi connectivity index (χ1n) is 10.9. The Morgan fingerprint density at radius 1 is 1.24 bits per heavy atom. The number of piperidine rings is 1. The first kappa shape index (κ1) is 24.8. The van der Waals surface area contributed by atoms with Gasteiger partial charge in [0.05, 0.1) is 34.8 Å². The highest BCUT2D eigenvalue weighted by Gasteiger charge is 2.28. The molecule has 2 aliphatic rings. The fourth-order valence-electron chi connectivity index (χ4n) is 4.02. The number of amides is 2. The lowest BCUT2D eigenvalue weighted by Crippen LogP contribution is -2.44. The molecule has 4 rings (SSSR count). The van der Waals surface area contributed by atoms with Crippen LogP contribution in [0.1, 0.15) is 50.8 Å². The molecule has 1 unspecified atom stereocenters. The van der Waals surface area contributed by atoms with E-state index >= 15 is 0 Å². The molecule has 0 spiro atoms. The van der Waals surface area contributed by atoms with Crippen LogP contribution in [0.15, 0.2) is 0 Å². The van der Waals surface area contributed by atoms with Crippen molar-refractivity contribution in [2.45, 2.75) is 38.8 Å². The van der Waals surface area contributed by atoms with Crippen LogP contribution in [0.3, 0.4) is 0 Å². The number of thiazole rings is 1. The first-order valence-corrected chi connectivity index (χ1v) is 12.5. The van der Waals surface area contributed by atoms with Crippen LogP contribution in [-0.2, 0) is 16.1 Å². The molecule has 2 aliphatic heterocycles. The van der Waals surface area contributed by atoms with Crippen molar-refractivity contribution in [1.82, 2.24) is 20.6 Å². The quantitative estimate of drug-likeness (QED) is 0.432. The van der Waals surface area contributed by atoms with Crippen LogP contribution in [-0.4, -0.2) is 65.2 Å². The van der Waals surface area contributed by atoms with Crippen molar-refractivity contribution in [2.75, 3.05) is 31.2 Å². The van der Waals surface area contributed by atoms with Gasteiger partial charge in [-0.1, -0.05) is 34.5 Å². The molecule has 2 aromatic heterocycles. The maximum Gasteiger partial charge on any atom is 0.347 e. The maximum absolute atomic E-state index is 12.6. The van der Waals surface area contributed by atoms with E-state index in [1.807, 2.05) is 4.90 Å². The van der Waals surface area contributed by atoms with Gasteiger partial charge in [-0.15, -0.1) is 0 Å². The van der Waals surface area contributed by atoms with E-state index in [9.17, 15) is 19.5 Å². The van der Waals surface area contributed by atoms with Crippen LogP contribution in [0.2, 0.25) is 10.0 Å². The molecule has 0 aromatic carbocycles. The average molecular weight is 530 g/mol. The second-order valence-corrected chi connectivity index (χ2v) is 10.1. The number of nitrogens with one attached hydrogen (secondary N) is 3. The standard InChI is InChI=1S/C21H25Cl2N5O5S/c1-10-14(22)15(23)16(25-10)19(30)26-12-2-5-28(6-3-12)21-27-13(17(34-21)20(31)32)8-24-18(29)11-4-7-33-9-11/h11-12,25H,2-9H2,1H3,(H,24,29)(H,26,30)(H,31,32). The number of carboxylic acid groups (broad SMARTS) is 1. The number of aryl methyl sites for hydroxylation is 1. The molecule has 2 amide bonds.